The Hall–Kier alpha value is -1.71. The van der Waals surface area contributed by atoms with Gasteiger partial charge >= 0.3 is 5.97 Å². The van der Waals surface area contributed by atoms with Crippen LogP contribution in [0.25, 0.3) is 0 Å². The van der Waals surface area contributed by atoms with Crippen LogP contribution in [0.5, 0.6) is 5.75 Å². The zero-order valence-electron chi connectivity index (χ0n) is 12.4. The van der Waals surface area contributed by atoms with Gasteiger partial charge in [0.05, 0.1) is 20.1 Å². The van der Waals surface area contributed by atoms with E-state index in [9.17, 15) is 4.79 Å². The van der Waals surface area contributed by atoms with Crippen molar-refractivity contribution in [1.82, 2.24) is 0 Å². The summed E-state index contributed by atoms with van der Waals surface area (Å²) < 4.78 is 10.1. The molecule has 0 fully saturated rings. The van der Waals surface area contributed by atoms with Crippen LogP contribution >= 0.6 is 0 Å². The van der Waals surface area contributed by atoms with Crippen LogP contribution in [0.15, 0.2) is 12.1 Å². The molecule has 106 valence electrons. The van der Waals surface area contributed by atoms with Crippen LogP contribution in [0.1, 0.15) is 24.5 Å². The molecule has 1 N–H and O–H groups in total. The molecule has 0 aromatic heterocycles. The van der Waals surface area contributed by atoms with Gasteiger partial charge in [-0.05, 0) is 43.5 Å². The van der Waals surface area contributed by atoms with Crippen molar-refractivity contribution in [2.75, 3.05) is 26.1 Å². The van der Waals surface area contributed by atoms with Gasteiger partial charge in [-0.25, -0.2) is 0 Å². The van der Waals surface area contributed by atoms with E-state index in [1.807, 2.05) is 32.9 Å². The quantitative estimate of drug-likeness (QED) is 0.803. The highest BCUT2D eigenvalue weighted by molar-refractivity contribution is 5.73. The van der Waals surface area contributed by atoms with E-state index in [2.05, 4.69) is 5.32 Å². The smallest absolute Gasteiger partial charge is 0.310 e. The van der Waals surface area contributed by atoms with Gasteiger partial charge in [-0.15, -0.1) is 0 Å². The van der Waals surface area contributed by atoms with Crippen molar-refractivity contribution in [3.63, 3.8) is 0 Å². The van der Waals surface area contributed by atoms with Crippen molar-refractivity contribution in [3.05, 3.63) is 23.3 Å². The predicted octanol–water partition coefficient (Wildman–Crippen LogP) is 2.92. The molecule has 4 nitrogen and oxygen atoms in total. The molecule has 0 radical (unpaired) electrons. The van der Waals surface area contributed by atoms with Crippen LogP contribution in [-0.4, -0.2) is 26.7 Å². The van der Waals surface area contributed by atoms with Crippen LogP contribution in [0.4, 0.5) is 5.69 Å². The molecule has 0 heterocycles. The molecule has 1 aromatic rings. The summed E-state index contributed by atoms with van der Waals surface area (Å²) in [6.45, 7) is 6.57. The summed E-state index contributed by atoms with van der Waals surface area (Å²) >= 11 is 0. The van der Waals surface area contributed by atoms with Crippen molar-refractivity contribution >= 4 is 11.7 Å². The molecule has 19 heavy (non-hydrogen) atoms. The minimum atomic E-state index is -0.169. The van der Waals surface area contributed by atoms with Crippen molar-refractivity contribution in [2.45, 2.75) is 27.2 Å². The second kappa shape index (κ2) is 7.02. The summed E-state index contributed by atoms with van der Waals surface area (Å²) in [5, 5.41) is 3.29. The number of hydrogen-bond donors (Lipinski definition) is 1. The maximum atomic E-state index is 11.5. The molecule has 1 rings (SSSR count). The third-order valence-corrected chi connectivity index (χ3v) is 3.24. The Balaban J connectivity index is 2.75. The molecule has 0 aliphatic heterocycles. The van der Waals surface area contributed by atoms with Gasteiger partial charge in [0.25, 0.3) is 0 Å². The van der Waals surface area contributed by atoms with Gasteiger partial charge in [-0.1, -0.05) is 6.92 Å². The largest absolute Gasteiger partial charge is 0.496 e. The summed E-state index contributed by atoms with van der Waals surface area (Å²) in [7, 11) is 3.10. The first kappa shape index (κ1) is 15.3. The Labute approximate surface area is 115 Å². The second-order valence-electron chi connectivity index (χ2n) is 4.65. The highest BCUT2D eigenvalue weighted by atomic mass is 16.5. The first-order chi connectivity index (χ1) is 9.03. The zero-order valence-corrected chi connectivity index (χ0v) is 12.4. The van der Waals surface area contributed by atoms with E-state index in [1.54, 1.807) is 7.11 Å². The Kier molecular flexibility index (Phi) is 5.67. The Morgan fingerprint density at radius 1 is 1.26 bits per heavy atom. The van der Waals surface area contributed by atoms with E-state index in [4.69, 9.17) is 9.47 Å². The van der Waals surface area contributed by atoms with E-state index >= 15 is 0 Å². The number of hydrogen-bond acceptors (Lipinski definition) is 4. The average molecular weight is 265 g/mol. The summed E-state index contributed by atoms with van der Waals surface area (Å²) in [5.74, 6) is 0.621. The standard InChI is InChI=1S/C15H23NO3/c1-6-12(15(17)19-5)9-16-13-7-10(2)14(18-4)11(3)8-13/h7-8,12,16H,6,9H2,1-5H3. The number of rotatable bonds is 6. The molecule has 1 atom stereocenters. The molecule has 0 amide bonds. The molecule has 1 unspecified atom stereocenters. The van der Waals surface area contributed by atoms with Crippen molar-refractivity contribution in [1.29, 1.82) is 0 Å². The minimum absolute atomic E-state index is 0.118. The monoisotopic (exact) mass is 265 g/mol. The predicted molar refractivity (Wildman–Crippen MR) is 76.8 cm³/mol. The molecular formula is C15H23NO3. The molecule has 0 aliphatic carbocycles. The van der Waals surface area contributed by atoms with E-state index in [1.165, 1.54) is 7.11 Å². The number of anilines is 1. The number of methoxy groups -OCH3 is 2. The molecule has 4 heteroatoms. The molecule has 0 saturated heterocycles. The summed E-state index contributed by atoms with van der Waals surface area (Å²) in [6.07, 6.45) is 0.758. The van der Waals surface area contributed by atoms with Gasteiger partial charge in [0.1, 0.15) is 5.75 Å². The van der Waals surface area contributed by atoms with E-state index in [0.29, 0.717) is 6.54 Å². The summed E-state index contributed by atoms with van der Waals surface area (Å²) in [4.78, 5) is 11.5. The molecular weight excluding hydrogens is 242 g/mol. The topological polar surface area (TPSA) is 47.6 Å². The molecule has 1 aromatic carbocycles. The Bertz CT molecular complexity index is 420. The molecule has 0 spiro atoms. The van der Waals surface area contributed by atoms with Gasteiger partial charge in [-0.2, -0.15) is 0 Å². The highest BCUT2D eigenvalue weighted by Crippen LogP contribution is 2.26. The van der Waals surface area contributed by atoms with Gasteiger partial charge in [0.2, 0.25) is 0 Å². The van der Waals surface area contributed by atoms with Crippen LogP contribution < -0.4 is 10.1 Å². The normalized spacial score (nSPS) is 11.8. The number of carbonyl (C=O) groups is 1. The molecule has 0 saturated carbocycles. The maximum absolute atomic E-state index is 11.5. The van der Waals surface area contributed by atoms with E-state index in [-0.39, 0.29) is 11.9 Å². The number of esters is 1. The molecule has 0 bridgehead atoms. The van der Waals surface area contributed by atoms with Crippen molar-refractivity contribution in [3.8, 4) is 5.75 Å². The zero-order chi connectivity index (χ0) is 14.4. The van der Waals surface area contributed by atoms with Gasteiger partial charge in [0.15, 0.2) is 0 Å². The summed E-state index contributed by atoms with van der Waals surface area (Å²) in [6, 6.07) is 4.05. The fourth-order valence-corrected chi connectivity index (χ4v) is 2.18. The Morgan fingerprint density at radius 3 is 2.26 bits per heavy atom. The van der Waals surface area contributed by atoms with E-state index < -0.39 is 0 Å². The van der Waals surface area contributed by atoms with Gasteiger partial charge < -0.3 is 14.8 Å². The lowest BCUT2D eigenvalue weighted by Crippen LogP contribution is -2.23. The SMILES string of the molecule is CCC(CNc1cc(C)c(OC)c(C)c1)C(=O)OC. The number of benzene rings is 1. The first-order valence-corrected chi connectivity index (χ1v) is 6.50. The van der Waals surface area contributed by atoms with Gasteiger partial charge in [-0.3, -0.25) is 4.79 Å². The van der Waals surface area contributed by atoms with E-state index in [0.717, 1.165) is 29.0 Å². The fraction of sp³-hybridized carbons (Fsp3) is 0.533. The number of nitrogens with one attached hydrogen (secondary N) is 1. The summed E-state index contributed by atoms with van der Waals surface area (Å²) in [5.41, 5.74) is 3.16. The lowest BCUT2D eigenvalue weighted by molar-refractivity contribution is -0.145. The first-order valence-electron chi connectivity index (χ1n) is 6.50. The van der Waals surface area contributed by atoms with Crippen LogP contribution in [0.2, 0.25) is 0 Å². The average Bonchev–Trinajstić information content (AvgIpc) is 2.38. The Morgan fingerprint density at radius 2 is 1.84 bits per heavy atom. The van der Waals surface area contributed by atoms with Gasteiger partial charge in [0, 0.05) is 12.2 Å². The number of carbonyl (C=O) groups excluding carboxylic acids is 1. The van der Waals surface area contributed by atoms with Crippen LogP contribution in [0.3, 0.4) is 0 Å². The fourth-order valence-electron chi connectivity index (χ4n) is 2.18. The number of aryl methyl sites for hydroxylation is 2. The van der Waals surface area contributed by atoms with Crippen LogP contribution in [0, 0.1) is 19.8 Å². The third kappa shape index (κ3) is 3.88. The molecule has 0 aliphatic rings. The highest BCUT2D eigenvalue weighted by Gasteiger charge is 2.16. The van der Waals surface area contributed by atoms with Crippen molar-refractivity contribution < 1.29 is 14.3 Å². The van der Waals surface area contributed by atoms with Crippen LogP contribution in [-0.2, 0) is 9.53 Å². The van der Waals surface area contributed by atoms with Crippen molar-refractivity contribution in [2.24, 2.45) is 5.92 Å². The third-order valence-electron chi connectivity index (χ3n) is 3.24. The number of ether oxygens (including phenoxy) is 2. The lowest BCUT2D eigenvalue weighted by atomic mass is 10.1. The lowest BCUT2D eigenvalue weighted by Gasteiger charge is -2.16. The second-order valence-corrected chi connectivity index (χ2v) is 4.65. The minimum Gasteiger partial charge on any atom is -0.496 e. The maximum Gasteiger partial charge on any atom is 0.310 e.